The highest BCUT2D eigenvalue weighted by Crippen LogP contribution is 2.18. The Bertz CT molecular complexity index is 527. The summed E-state index contributed by atoms with van der Waals surface area (Å²) in [6, 6.07) is 3.71. The second kappa shape index (κ2) is 10.0. The molecule has 136 valence electrons. The van der Waals surface area contributed by atoms with Crippen LogP contribution in [0.5, 0.6) is 0 Å². The van der Waals surface area contributed by atoms with Crippen molar-refractivity contribution in [3.63, 3.8) is 0 Å². The van der Waals surface area contributed by atoms with Crippen molar-refractivity contribution < 1.29 is 9.90 Å². The van der Waals surface area contributed by atoms with Gasteiger partial charge in [-0.3, -0.25) is 4.79 Å². The summed E-state index contributed by atoms with van der Waals surface area (Å²) in [5.74, 6) is 0.953. The molecule has 24 heavy (non-hydrogen) atoms. The molecule has 0 aliphatic carbocycles. The minimum absolute atomic E-state index is 0. The number of amides is 1. The predicted octanol–water partition coefficient (Wildman–Crippen LogP) is 1.25. The molecule has 6 nitrogen and oxygen atoms in total. The Morgan fingerprint density at radius 2 is 2.08 bits per heavy atom. The van der Waals surface area contributed by atoms with E-state index in [0.717, 1.165) is 24.5 Å². The van der Waals surface area contributed by atoms with E-state index in [9.17, 15) is 9.90 Å². The van der Waals surface area contributed by atoms with E-state index in [1.54, 1.807) is 0 Å². The molecule has 0 radical (unpaired) electrons. The molecule has 8 heteroatoms. The van der Waals surface area contributed by atoms with E-state index in [1.807, 2.05) is 12.3 Å². The van der Waals surface area contributed by atoms with Gasteiger partial charge in [0.05, 0.1) is 12.1 Å². The molecule has 2 unspecified atom stereocenters. The second-order valence-corrected chi connectivity index (χ2v) is 6.14. The molecular formula is C16H26Cl2N4O2. The summed E-state index contributed by atoms with van der Waals surface area (Å²) in [7, 11) is 0. The van der Waals surface area contributed by atoms with Gasteiger partial charge >= 0.3 is 0 Å². The maximum absolute atomic E-state index is 12.0. The number of aliphatic hydroxyl groups is 1. The zero-order chi connectivity index (χ0) is 15.4. The van der Waals surface area contributed by atoms with Gasteiger partial charge < -0.3 is 20.6 Å². The normalized spacial score (nSPS) is 23.1. The number of rotatable bonds is 4. The summed E-state index contributed by atoms with van der Waals surface area (Å²) in [5, 5.41) is 15.4. The Morgan fingerprint density at radius 1 is 1.33 bits per heavy atom. The van der Waals surface area contributed by atoms with Crippen molar-refractivity contribution in [1.29, 1.82) is 0 Å². The first kappa shape index (κ1) is 21.0. The number of nitrogens with one attached hydrogen (secondary N) is 2. The van der Waals surface area contributed by atoms with Crippen LogP contribution >= 0.6 is 24.8 Å². The van der Waals surface area contributed by atoms with Crippen molar-refractivity contribution in [2.45, 2.75) is 44.4 Å². The number of aromatic nitrogens is 1. The minimum atomic E-state index is -0.414. The van der Waals surface area contributed by atoms with Crippen LogP contribution in [0, 0.1) is 0 Å². The van der Waals surface area contributed by atoms with Crippen LogP contribution in [0.15, 0.2) is 18.3 Å². The van der Waals surface area contributed by atoms with Gasteiger partial charge in [0.15, 0.2) is 0 Å². The molecular weight excluding hydrogens is 351 g/mol. The van der Waals surface area contributed by atoms with Crippen LogP contribution in [0.4, 0.5) is 5.82 Å². The summed E-state index contributed by atoms with van der Waals surface area (Å²) >= 11 is 0. The molecule has 1 aromatic heterocycles. The van der Waals surface area contributed by atoms with Crippen LogP contribution in [0.25, 0.3) is 0 Å². The Labute approximate surface area is 155 Å². The fourth-order valence-electron chi connectivity index (χ4n) is 3.10. The van der Waals surface area contributed by atoms with Gasteiger partial charge in [-0.2, -0.15) is 0 Å². The summed E-state index contributed by atoms with van der Waals surface area (Å²) < 4.78 is 0. The smallest absolute Gasteiger partial charge is 0.237 e. The summed E-state index contributed by atoms with van der Waals surface area (Å²) in [6.45, 7) is 3.11. The third-order valence-electron chi connectivity index (χ3n) is 4.38. The number of β-amino-alcohol motifs (C(OH)–C–C–N with tert-alkyl or cyclic N) is 1. The molecule has 0 bridgehead atoms. The molecule has 1 aromatic rings. The average molecular weight is 377 g/mol. The summed E-state index contributed by atoms with van der Waals surface area (Å²) in [4.78, 5) is 18.8. The number of carbonyl (C=O) groups excluding carboxylic acids is 1. The number of piperidine rings is 1. The first-order valence-corrected chi connectivity index (χ1v) is 8.11. The van der Waals surface area contributed by atoms with Gasteiger partial charge in [-0.05, 0) is 43.4 Å². The first-order valence-electron chi connectivity index (χ1n) is 8.11. The average Bonchev–Trinajstić information content (AvgIpc) is 3.00. The van der Waals surface area contributed by atoms with Crippen LogP contribution < -0.4 is 15.5 Å². The number of anilines is 1. The highest BCUT2D eigenvalue weighted by Gasteiger charge is 2.27. The maximum atomic E-state index is 12.0. The van der Waals surface area contributed by atoms with Gasteiger partial charge in [0, 0.05) is 32.4 Å². The highest BCUT2D eigenvalue weighted by molar-refractivity contribution is 5.85. The van der Waals surface area contributed by atoms with Crippen molar-refractivity contribution in [3.05, 3.63) is 23.9 Å². The Hall–Kier alpha value is -1.08. The van der Waals surface area contributed by atoms with E-state index < -0.39 is 6.10 Å². The molecule has 0 saturated carbocycles. The number of hydrogen-bond donors (Lipinski definition) is 3. The van der Waals surface area contributed by atoms with Crippen molar-refractivity contribution in [1.82, 2.24) is 15.6 Å². The Kier molecular flexibility index (Phi) is 8.76. The summed E-state index contributed by atoms with van der Waals surface area (Å²) in [6.07, 6.45) is 5.62. The topological polar surface area (TPSA) is 77.5 Å². The summed E-state index contributed by atoms with van der Waals surface area (Å²) in [5.41, 5.74) is 1.06. The van der Waals surface area contributed by atoms with Crippen molar-refractivity contribution in [2.24, 2.45) is 0 Å². The molecule has 2 saturated heterocycles. The molecule has 3 heterocycles. The molecule has 3 N–H and O–H groups in total. The molecule has 2 aliphatic heterocycles. The van der Waals surface area contributed by atoms with Crippen LogP contribution in [0.3, 0.4) is 0 Å². The van der Waals surface area contributed by atoms with Crippen LogP contribution in [0.2, 0.25) is 0 Å². The van der Waals surface area contributed by atoms with Crippen molar-refractivity contribution in [3.8, 4) is 0 Å². The number of halogens is 2. The third kappa shape index (κ3) is 5.48. The number of aliphatic hydroxyl groups excluding tert-OH is 1. The van der Waals surface area contributed by atoms with Crippen LogP contribution in [-0.4, -0.2) is 47.8 Å². The largest absolute Gasteiger partial charge is 0.392 e. The van der Waals surface area contributed by atoms with E-state index in [4.69, 9.17) is 0 Å². The van der Waals surface area contributed by atoms with E-state index in [0.29, 0.717) is 19.5 Å². The van der Waals surface area contributed by atoms with Crippen LogP contribution in [-0.2, 0) is 11.3 Å². The Balaban J connectivity index is 0.00000144. The molecule has 2 fully saturated rings. The molecule has 0 spiro atoms. The molecule has 2 aliphatic rings. The first-order chi connectivity index (χ1) is 10.7. The lowest BCUT2D eigenvalue weighted by atomic mass is 10.1. The van der Waals surface area contributed by atoms with Gasteiger partial charge in [-0.1, -0.05) is 0 Å². The number of hydrogen-bond acceptors (Lipinski definition) is 5. The van der Waals surface area contributed by atoms with Gasteiger partial charge in [0.1, 0.15) is 5.82 Å². The van der Waals surface area contributed by atoms with Gasteiger partial charge in [-0.25, -0.2) is 4.98 Å². The monoisotopic (exact) mass is 376 g/mol. The lowest BCUT2D eigenvalue weighted by Crippen LogP contribution is -2.40. The zero-order valence-corrected chi connectivity index (χ0v) is 15.2. The van der Waals surface area contributed by atoms with Gasteiger partial charge in [0.2, 0.25) is 5.91 Å². The lowest BCUT2D eigenvalue weighted by molar-refractivity contribution is -0.123. The van der Waals surface area contributed by atoms with Crippen molar-refractivity contribution in [2.75, 3.05) is 24.5 Å². The highest BCUT2D eigenvalue weighted by atomic mass is 35.5. The molecule has 2 atom stereocenters. The number of carbonyl (C=O) groups is 1. The van der Waals surface area contributed by atoms with E-state index in [1.165, 1.54) is 19.3 Å². The van der Waals surface area contributed by atoms with E-state index >= 15 is 0 Å². The molecule has 0 aromatic carbocycles. The predicted molar refractivity (Wildman–Crippen MR) is 99.1 cm³/mol. The number of pyridine rings is 1. The Morgan fingerprint density at radius 3 is 2.75 bits per heavy atom. The fourth-order valence-corrected chi connectivity index (χ4v) is 3.10. The van der Waals surface area contributed by atoms with E-state index in [-0.39, 0.29) is 36.8 Å². The standard InChI is InChI=1S/C16H24N4O2.2ClH/c21-13-9-14(18-11-13)16(22)19-10-12-4-5-17-15(8-12)20-6-2-1-3-7-20;;/h4-5,8,13-14,18,21H,1-3,6-7,9-11H2,(H,19,22);2*1H. The molecule has 3 rings (SSSR count). The quantitative estimate of drug-likeness (QED) is 0.737. The van der Waals surface area contributed by atoms with Crippen LogP contribution in [0.1, 0.15) is 31.2 Å². The number of nitrogens with zero attached hydrogens (tertiary/aromatic N) is 2. The fraction of sp³-hybridized carbons (Fsp3) is 0.625. The minimum Gasteiger partial charge on any atom is -0.392 e. The second-order valence-electron chi connectivity index (χ2n) is 6.14. The van der Waals surface area contributed by atoms with Crippen molar-refractivity contribution >= 4 is 36.5 Å². The van der Waals surface area contributed by atoms with Gasteiger partial charge in [-0.15, -0.1) is 24.8 Å². The molecule has 1 amide bonds. The van der Waals surface area contributed by atoms with E-state index in [2.05, 4.69) is 26.6 Å². The third-order valence-corrected chi connectivity index (χ3v) is 4.38. The maximum Gasteiger partial charge on any atom is 0.237 e. The SMILES string of the molecule is Cl.Cl.O=C(NCc1ccnc(N2CCCCC2)c1)C1CC(O)CN1. The lowest BCUT2D eigenvalue weighted by Gasteiger charge is -2.28. The van der Waals surface area contributed by atoms with Gasteiger partial charge in [0.25, 0.3) is 0 Å². The zero-order valence-electron chi connectivity index (χ0n) is 13.6.